The van der Waals surface area contributed by atoms with Crippen molar-refractivity contribution in [2.75, 3.05) is 6.61 Å². The van der Waals surface area contributed by atoms with E-state index < -0.39 is 16.1 Å². The first-order valence-electron chi connectivity index (χ1n) is 7.53. The van der Waals surface area contributed by atoms with Crippen LogP contribution in [-0.2, 0) is 10.0 Å². The van der Waals surface area contributed by atoms with E-state index in [-0.39, 0.29) is 6.61 Å². The molecule has 0 fully saturated rings. The van der Waals surface area contributed by atoms with Crippen LogP contribution in [0, 0.1) is 27.7 Å². The summed E-state index contributed by atoms with van der Waals surface area (Å²) in [6, 6.07) is 10.4. The van der Waals surface area contributed by atoms with E-state index in [9.17, 15) is 13.5 Å². The molecule has 23 heavy (non-hydrogen) atoms. The Kier molecular flexibility index (Phi) is 5.24. The second-order valence-corrected chi connectivity index (χ2v) is 7.51. The fourth-order valence-corrected chi connectivity index (χ4v) is 4.56. The molecule has 1 atom stereocenters. The van der Waals surface area contributed by atoms with E-state index in [1.807, 2.05) is 52.0 Å². The lowest BCUT2D eigenvalue weighted by Gasteiger charge is -2.20. The summed E-state index contributed by atoms with van der Waals surface area (Å²) >= 11 is 0. The number of rotatable bonds is 5. The molecule has 0 spiro atoms. The number of aliphatic hydroxyl groups excluding tert-OH is 1. The molecular formula is C18H23NO3S. The molecule has 0 aromatic heterocycles. The summed E-state index contributed by atoms with van der Waals surface area (Å²) in [4.78, 5) is 0.310. The molecule has 0 amide bonds. The molecule has 4 nitrogen and oxygen atoms in total. The van der Waals surface area contributed by atoms with Gasteiger partial charge in [-0.05, 0) is 55.5 Å². The Bertz CT molecular complexity index is 773. The van der Waals surface area contributed by atoms with Gasteiger partial charge < -0.3 is 5.11 Å². The van der Waals surface area contributed by atoms with Crippen molar-refractivity contribution >= 4 is 10.0 Å². The third kappa shape index (κ3) is 3.63. The molecule has 0 aliphatic heterocycles. The predicted octanol–water partition coefficient (Wildman–Crippen LogP) is 2.93. The van der Waals surface area contributed by atoms with E-state index in [1.165, 1.54) is 0 Å². The highest BCUT2D eigenvalue weighted by Crippen LogP contribution is 2.27. The Morgan fingerprint density at radius 3 is 2.00 bits per heavy atom. The molecule has 0 radical (unpaired) electrons. The highest BCUT2D eigenvalue weighted by Gasteiger charge is 2.25. The summed E-state index contributed by atoms with van der Waals surface area (Å²) in [5, 5.41) is 9.61. The molecule has 0 bridgehead atoms. The number of sulfonamides is 1. The zero-order chi connectivity index (χ0) is 17.2. The third-order valence-electron chi connectivity index (χ3n) is 4.25. The largest absolute Gasteiger partial charge is 0.394 e. The van der Waals surface area contributed by atoms with E-state index in [0.717, 1.165) is 27.8 Å². The lowest BCUT2D eigenvalue weighted by molar-refractivity contribution is 0.259. The Balaban J connectivity index is 2.47. The maximum Gasteiger partial charge on any atom is 0.241 e. The van der Waals surface area contributed by atoms with Crippen LogP contribution < -0.4 is 4.72 Å². The Morgan fingerprint density at radius 1 is 1.00 bits per heavy atom. The van der Waals surface area contributed by atoms with Gasteiger partial charge in [0.1, 0.15) is 0 Å². The van der Waals surface area contributed by atoms with E-state index in [4.69, 9.17) is 0 Å². The van der Waals surface area contributed by atoms with Crippen molar-refractivity contribution in [3.05, 3.63) is 64.2 Å². The van der Waals surface area contributed by atoms with Crippen LogP contribution >= 0.6 is 0 Å². The topological polar surface area (TPSA) is 66.4 Å². The van der Waals surface area contributed by atoms with Gasteiger partial charge in [-0.25, -0.2) is 13.1 Å². The molecule has 0 aliphatic carbocycles. The molecule has 2 rings (SSSR count). The van der Waals surface area contributed by atoms with Crippen molar-refractivity contribution < 1.29 is 13.5 Å². The normalized spacial score (nSPS) is 13.1. The highest BCUT2D eigenvalue weighted by molar-refractivity contribution is 7.89. The van der Waals surface area contributed by atoms with Crippen LogP contribution in [0.2, 0.25) is 0 Å². The van der Waals surface area contributed by atoms with Gasteiger partial charge in [-0.15, -0.1) is 0 Å². The van der Waals surface area contributed by atoms with Gasteiger partial charge in [0.2, 0.25) is 10.0 Å². The zero-order valence-corrected chi connectivity index (χ0v) is 14.7. The van der Waals surface area contributed by atoms with Gasteiger partial charge in [-0.1, -0.05) is 36.4 Å². The molecule has 0 saturated carbocycles. The van der Waals surface area contributed by atoms with Crippen molar-refractivity contribution in [2.24, 2.45) is 0 Å². The van der Waals surface area contributed by atoms with Gasteiger partial charge >= 0.3 is 0 Å². The maximum atomic E-state index is 12.9. The number of nitrogens with one attached hydrogen (secondary N) is 1. The van der Waals surface area contributed by atoms with E-state index >= 15 is 0 Å². The van der Waals surface area contributed by atoms with Crippen LogP contribution in [0.3, 0.4) is 0 Å². The Labute approximate surface area is 138 Å². The number of aliphatic hydroxyl groups is 1. The van der Waals surface area contributed by atoms with Crippen molar-refractivity contribution in [2.45, 2.75) is 38.6 Å². The molecule has 124 valence electrons. The number of aryl methyl sites for hydroxylation is 2. The molecule has 0 aliphatic rings. The van der Waals surface area contributed by atoms with Gasteiger partial charge in [-0.2, -0.15) is 0 Å². The van der Waals surface area contributed by atoms with Crippen LogP contribution in [0.25, 0.3) is 0 Å². The molecule has 2 N–H and O–H groups in total. The first-order chi connectivity index (χ1) is 10.8. The van der Waals surface area contributed by atoms with Crippen molar-refractivity contribution in [3.8, 4) is 0 Å². The maximum absolute atomic E-state index is 12.9. The summed E-state index contributed by atoms with van der Waals surface area (Å²) < 4.78 is 28.4. The molecular weight excluding hydrogens is 310 g/mol. The third-order valence-corrected chi connectivity index (χ3v) is 5.99. The number of hydrogen-bond donors (Lipinski definition) is 2. The molecule has 0 heterocycles. The van der Waals surface area contributed by atoms with E-state index in [1.54, 1.807) is 12.1 Å². The standard InChI is InChI=1S/C18H23NO3S/c1-12-10-13(2)15(4)18(14(12)3)23(21,22)19-17(11-20)16-8-6-5-7-9-16/h5-10,17,19-20H,11H2,1-4H3/t17-/m0/s1. The molecule has 2 aromatic carbocycles. The first-order valence-corrected chi connectivity index (χ1v) is 9.01. The molecule has 0 saturated heterocycles. The van der Waals surface area contributed by atoms with Gasteiger partial charge in [0, 0.05) is 0 Å². The smallest absolute Gasteiger partial charge is 0.241 e. The summed E-state index contributed by atoms with van der Waals surface area (Å²) in [6.45, 7) is 7.13. The van der Waals surface area contributed by atoms with Crippen LogP contribution in [0.4, 0.5) is 0 Å². The number of hydrogen-bond acceptors (Lipinski definition) is 3. The molecule has 2 aromatic rings. The quantitative estimate of drug-likeness (QED) is 0.884. The van der Waals surface area contributed by atoms with E-state index in [0.29, 0.717) is 4.90 Å². The van der Waals surface area contributed by atoms with Crippen molar-refractivity contribution in [1.29, 1.82) is 0 Å². The predicted molar refractivity (Wildman–Crippen MR) is 92.0 cm³/mol. The summed E-state index contributed by atoms with van der Waals surface area (Å²) in [6.07, 6.45) is 0. The van der Waals surface area contributed by atoms with Crippen LogP contribution in [-0.4, -0.2) is 20.1 Å². The Hall–Kier alpha value is -1.69. The average Bonchev–Trinajstić information content (AvgIpc) is 2.51. The van der Waals surface area contributed by atoms with Crippen LogP contribution in [0.5, 0.6) is 0 Å². The average molecular weight is 333 g/mol. The minimum Gasteiger partial charge on any atom is -0.394 e. The minimum atomic E-state index is -3.74. The zero-order valence-electron chi connectivity index (χ0n) is 13.9. The Morgan fingerprint density at radius 2 is 1.52 bits per heavy atom. The summed E-state index contributed by atoms with van der Waals surface area (Å²) in [5.74, 6) is 0. The second kappa shape index (κ2) is 6.83. The SMILES string of the molecule is Cc1cc(C)c(C)c(S(=O)(=O)N[C@@H](CO)c2ccccc2)c1C. The van der Waals surface area contributed by atoms with Gasteiger partial charge in [0.25, 0.3) is 0 Å². The van der Waals surface area contributed by atoms with E-state index in [2.05, 4.69) is 4.72 Å². The van der Waals surface area contributed by atoms with Gasteiger partial charge in [-0.3, -0.25) is 0 Å². The first kappa shape index (κ1) is 17.7. The van der Waals surface area contributed by atoms with Crippen LogP contribution in [0.1, 0.15) is 33.9 Å². The van der Waals surface area contributed by atoms with Gasteiger partial charge in [0.15, 0.2) is 0 Å². The van der Waals surface area contributed by atoms with Gasteiger partial charge in [0.05, 0.1) is 17.5 Å². The van der Waals surface area contributed by atoms with Crippen molar-refractivity contribution in [3.63, 3.8) is 0 Å². The summed E-state index contributed by atoms with van der Waals surface area (Å²) in [7, 11) is -3.74. The monoisotopic (exact) mass is 333 g/mol. The lowest BCUT2D eigenvalue weighted by atomic mass is 10.0. The number of benzene rings is 2. The summed E-state index contributed by atoms with van der Waals surface area (Å²) in [5.41, 5.74) is 4.09. The lowest BCUT2D eigenvalue weighted by Crippen LogP contribution is -2.32. The molecule has 0 unspecified atom stereocenters. The fraction of sp³-hybridized carbons (Fsp3) is 0.333. The van der Waals surface area contributed by atoms with Crippen LogP contribution in [0.15, 0.2) is 41.3 Å². The van der Waals surface area contributed by atoms with Crippen molar-refractivity contribution in [1.82, 2.24) is 4.72 Å². The fourth-order valence-electron chi connectivity index (χ4n) is 2.73. The minimum absolute atomic E-state index is 0.299. The highest BCUT2D eigenvalue weighted by atomic mass is 32.2. The molecule has 5 heteroatoms. The second-order valence-electron chi connectivity index (χ2n) is 5.86.